The van der Waals surface area contributed by atoms with Gasteiger partial charge in [0.05, 0.1) is 12.8 Å². The molecule has 2 saturated heterocycles. The lowest BCUT2D eigenvalue weighted by Crippen LogP contribution is -2.25. The highest BCUT2D eigenvalue weighted by Crippen LogP contribution is 2.27. The van der Waals surface area contributed by atoms with E-state index in [0.717, 1.165) is 24.1 Å². The predicted molar refractivity (Wildman–Crippen MR) is 65.9 cm³/mol. The third kappa shape index (κ3) is 2.28. The Kier molecular flexibility index (Phi) is 2.99. The summed E-state index contributed by atoms with van der Waals surface area (Å²) in [6.07, 6.45) is 0. The zero-order chi connectivity index (χ0) is 11.7. The molecule has 0 aromatic carbocycles. The van der Waals surface area contributed by atoms with Crippen molar-refractivity contribution < 1.29 is 4.74 Å². The van der Waals surface area contributed by atoms with E-state index in [1.54, 1.807) is 7.11 Å². The molecule has 0 radical (unpaired) electrons. The first-order valence-corrected chi connectivity index (χ1v) is 6.28. The van der Waals surface area contributed by atoms with Crippen LogP contribution < -0.4 is 10.1 Å². The van der Waals surface area contributed by atoms with Gasteiger partial charge in [-0.3, -0.25) is 4.90 Å². The number of hydrogen-bond donors (Lipinski definition) is 1. The maximum atomic E-state index is 5.15. The number of fused-ring (bicyclic) bond motifs is 1. The molecule has 4 nitrogen and oxygen atoms in total. The SMILES string of the molecule is COc1cccc(CN2C[C@H]3CNC[C@H]3C2)n1. The smallest absolute Gasteiger partial charge is 0.213 e. The van der Waals surface area contributed by atoms with E-state index in [1.807, 2.05) is 12.1 Å². The normalized spacial score (nSPS) is 28.3. The zero-order valence-corrected chi connectivity index (χ0v) is 10.2. The van der Waals surface area contributed by atoms with Crippen molar-refractivity contribution >= 4 is 0 Å². The highest BCUT2D eigenvalue weighted by molar-refractivity contribution is 5.15. The summed E-state index contributed by atoms with van der Waals surface area (Å²) in [6.45, 7) is 5.73. The summed E-state index contributed by atoms with van der Waals surface area (Å²) in [4.78, 5) is 6.98. The van der Waals surface area contributed by atoms with Crippen LogP contribution in [0.3, 0.4) is 0 Å². The van der Waals surface area contributed by atoms with Gasteiger partial charge >= 0.3 is 0 Å². The molecule has 0 saturated carbocycles. The summed E-state index contributed by atoms with van der Waals surface area (Å²) >= 11 is 0. The van der Waals surface area contributed by atoms with Crippen LogP contribution in [-0.4, -0.2) is 43.2 Å². The van der Waals surface area contributed by atoms with Gasteiger partial charge in [0, 0.05) is 25.7 Å². The van der Waals surface area contributed by atoms with Gasteiger partial charge in [0.2, 0.25) is 5.88 Å². The summed E-state index contributed by atoms with van der Waals surface area (Å²) in [5, 5.41) is 3.46. The van der Waals surface area contributed by atoms with E-state index >= 15 is 0 Å². The van der Waals surface area contributed by atoms with E-state index < -0.39 is 0 Å². The van der Waals surface area contributed by atoms with Crippen LogP contribution in [0.4, 0.5) is 0 Å². The van der Waals surface area contributed by atoms with Gasteiger partial charge < -0.3 is 10.1 Å². The topological polar surface area (TPSA) is 37.4 Å². The number of nitrogens with one attached hydrogen (secondary N) is 1. The molecule has 0 amide bonds. The maximum Gasteiger partial charge on any atom is 0.213 e. The standard InChI is InChI=1S/C13H19N3O/c1-17-13-4-2-3-12(15-13)9-16-7-10-5-14-6-11(10)8-16/h2-4,10-11,14H,5-9H2,1H3/t10-,11+. The Morgan fingerprint density at radius 3 is 2.82 bits per heavy atom. The molecular weight excluding hydrogens is 214 g/mol. The van der Waals surface area contributed by atoms with Gasteiger partial charge in [0.15, 0.2) is 0 Å². The van der Waals surface area contributed by atoms with Gasteiger partial charge in [-0.05, 0) is 31.0 Å². The Morgan fingerprint density at radius 1 is 1.35 bits per heavy atom. The van der Waals surface area contributed by atoms with Gasteiger partial charge in [-0.25, -0.2) is 4.98 Å². The second-order valence-corrected chi connectivity index (χ2v) is 5.04. The van der Waals surface area contributed by atoms with Gasteiger partial charge in [0.25, 0.3) is 0 Å². The molecule has 3 heterocycles. The van der Waals surface area contributed by atoms with Crippen molar-refractivity contribution in [3.05, 3.63) is 23.9 Å². The number of rotatable bonds is 3. The highest BCUT2D eigenvalue weighted by atomic mass is 16.5. The Balaban J connectivity index is 1.63. The van der Waals surface area contributed by atoms with Gasteiger partial charge in [-0.1, -0.05) is 6.07 Å². The minimum atomic E-state index is 0.712. The molecule has 17 heavy (non-hydrogen) atoms. The molecule has 2 aliphatic rings. The van der Waals surface area contributed by atoms with Crippen molar-refractivity contribution in [2.45, 2.75) is 6.54 Å². The Morgan fingerprint density at radius 2 is 2.12 bits per heavy atom. The monoisotopic (exact) mass is 233 g/mol. The molecule has 2 atom stereocenters. The van der Waals surface area contributed by atoms with Crippen molar-refractivity contribution in [2.75, 3.05) is 33.3 Å². The van der Waals surface area contributed by atoms with Crippen LogP contribution in [0.2, 0.25) is 0 Å². The van der Waals surface area contributed by atoms with Gasteiger partial charge in [0.1, 0.15) is 0 Å². The molecule has 1 aromatic rings. The third-order valence-electron chi connectivity index (χ3n) is 3.84. The molecular formula is C13H19N3O. The van der Waals surface area contributed by atoms with Crippen molar-refractivity contribution in [1.82, 2.24) is 15.2 Å². The number of hydrogen-bond acceptors (Lipinski definition) is 4. The van der Waals surface area contributed by atoms with Crippen LogP contribution in [0.1, 0.15) is 5.69 Å². The minimum Gasteiger partial charge on any atom is -0.481 e. The van der Waals surface area contributed by atoms with Crippen LogP contribution >= 0.6 is 0 Å². The van der Waals surface area contributed by atoms with Crippen molar-refractivity contribution in [1.29, 1.82) is 0 Å². The molecule has 0 spiro atoms. The van der Waals surface area contributed by atoms with Crippen LogP contribution in [-0.2, 0) is 6.54 Å². The lowest BCUT2D eigenvalue weighted by atomic mass is 10.0. The van der Waals surface area contributed by atoms with E-state index in [2.05, 4.69) is 21.3 Å². The zero-order valence-electron chi connectivity index (χ0n) is 10.2. The number of pyridine rings is 1. The van der Waals surface area contributed by atoms with Crippen LogP contribution in [0.25, 0.3) is 0 Å². The van der Waals surface area contributed by atoms with Crippen LogP contribution in [0.5, 0.6) is 5.88 Å². The van der Waals surface area contributed by atoms with E-state index in [4.69, 9.17) is 4.74 Å². The van der Waals surface area contributed by atoms with Crippen molar-refractivity contribution in [3.8, 4) is 5.88 Å². The van der Waals surface area contributed by atoms with E-state index in [9.17, 15) is 0 Å². The van der Waals surface area contributed by atoms with Crippen LogP contribution in [0.15, 0.2) is 18.2 Å². The fourth-order valence-corrected chi connectivity index (χ4v) is 2.97. The van der Waals surface area contributed by atoms with Gasteiger partial charge in [-0.2, -0.15) is 0 Å². The summed E-state index contributed by atoms with van der Waals surface area (Å²) in [7, 11) is 1.66. The van der Waals surface area contributed by atoms with Gasteiger partial charge in [-0.15, -0.1) is 0 Å². The van der Waals surface area contributed by atoms with E-state index in [-0.39, 0.29) is 0 Å². The lowest BCUT2D eigenvalue weighted by Gasteiger charge is -2.16. The quantitative estimate of drug-likeness (QED) is 0.835. The first-order valence-electron chi connectivity index (χ1n) is 6.28. The Labute approximate surface area is 102 Å². The first kappa shape index (κ1) is 11.0. The molecule has 1 N–H and O–H groups in total. The number of likely N-dealkylation sites (tertiary alicyclic amines) is 1. The molecule has 0 aliphatic carbocycles. The second kappa shape index (κ2) is 4.63. The van der Waals surface area contributed by atoms with Crippen molar-refractivity contribution in [2.24, 2.45) is 11.8 Å². The highest BCUT2D eigenvalue weighted by Gasteiger charge is 2.35. The molecule has 4 heteroatoms. The molecule has 92 valence electrons. The predicted octanol–water partition coefficient (Wildman–Crippen LogP) is 0.741. The average Bonchev–Trinajstić information content (AvgIpc) is 2.90. The summed E-state index contributed by atoms with van der Waals surface area (Å²) in [5.41, 5.74) is 1.11. The number of aromatic nitrogens is 1. The van der Waals surface area contributed by atoms with E-state index in [0.29, 0.717) is 5.88 Å². The fourth-order valence-electron chi connectivity index (χ4n) is 2.97. The molecule has 2 aliphatic heterocycles. The van der Waals surface area contributed by atoms with Crippen LogP contribution in [0, 0.1) is 11.8 Å². The lowest BCUT2D eigenvalue weighted by molar-refractivity contribution is 0.299. The fraction of sp³-hybridized carbons (Fsp3) is 0.615. The molecule has 3 rings (SSSR count). The molecule has 0 unspecified atom stereocenters. The summed E-state index contributed by atoms with van der Waals surface area (Å²) < 4.78 is 5.15. The van der Waals surface area contributed by atoms with E-state index in [1.165, 1.54) is 26.2 Å². The number of methoxy groups -OCH3 is 1. The number of nitrogens with zero attached hydrogens (tertiary/aromatic N) is 2. The molecule has 0 bridgehead atoms. The summed E-state index contributed by atoms with van der Waals surface area (Å²) in [6, 6.07) is 5.99. The largest absolute Gasteiger partial charge is 0.481 e. The third-order valence-corrected chi connectivity index (χ3v) is 3.84. The Bertz CT molecular complexity index is 384. The second-order valence-electron chi connectivity index (χ2n) is 5.04. The first-order chi connectivity index (χ1) is 8.35. The minimum absolute atomic E-state index is 0.712. The summed E-state index contributed by atoms with van der Waals surface area (Å²) in [5.74, 6) is 2.41. The Hall–Kier alpha value is -1.13. The molecule has 1 aromatic heterocycles. The molecule has 2 fully saturated rings. The number of ether oxygens (including phenoxy) is 1. The van der Waals surface area contributed by atoms with Crippen molar-refractivity contribution in [3.63, 3.8) is 0 Å². The average molecular weight is 233 g/mol. The maximum absolute atomic E-state index is 5.15.